The summed E-state index contributed by atoms with van der Waals surface area (Å²) in [5, 5.41) is 0. The number of rotatable bonds is 6. The first-order valence-electron chi connectivity index (χ1n) is 8.44. The summed E-state index contributed by atoms with van der Waals surface area (Å²) in [6.45, 7) is 1.59. The first kappa shape index (κ1) is 18.1. The normalized spacial score (nSPS) is 23.6. The maximum Gasteiger partial charge on any atom is 0.186 e. The Morgan fingerprint density at radius 2 is 1.96 bits per heavy atom. The van der Waals surface area contributed by atoms with Crippen molar-refractivity contribution >= 4 is 16.9 Å². The molecule has 0 heterocycles. The third-order valence-corrected chi connectivity index (χ3v) is 5.41. The third kappa shape index (κ3) is 6.04. The van der Waals surface area contributed by atoms with E-state index in [9.17, 15) is 9.00 Å². The van der Waals surface area contributed by atoms with Gasteiger partial charge in [0.05, 0.1) is 4.90 Å². The molecule has 23 heavy (non-hydrogen) atoms. The van der Waals surface area contributed by atoms with Gasteiger partial charge in [0.1, 0.15) is 0 Å². The lowest BCUT2D eigenvalue weighted by molar-refractivity contribution is -0.112. The molecule has 1 aromatic rings. The van der Waals surface area contributed by atoms with Gasteiger partial charge in [0.25, 0.3) is 0 Å². The number of hydrogen-bond acceptors (Lipinski definition) is 2. The summed E-state index contributed by atoms with van der Waals surface area (Å²) in [5.74, 6) is 1.44. The zero-order valence-electron chi connectivity index (χ0n) is 13.7. The van der Waals surface area contributed by atoms with Crippen molar-refractivity contribution in [2.75, 3.05) is 0 Å². The highest BCUT2D eigenvalue weighted by Crippen LogP contribution is 2.35. The Morgan fingerprint density at radius 1 is 1.22 bits per heavy atom. The Bertz CT molecular complexity index is 562. The Balaban J connectivity index is 1.85. The Morgan fingerprint density at radius 3 is 2.61 bits per heavy atom. The van der Waals surface area contributed by atoms with Crippen LogP contribution in [0, 0.1) is 5.92 Å². The quantitative estimate of drug-likeness (QED) is 0.459. The van der Waals surface area contributed by atoms with Gasteiger partial charge in [-0.15, -0.1) is 0 Å². The highest BCUT2D eigenvalue weighted by atomic mass is 32.2. The lowest BCUT2D eigenvalue weighted by Crippen LogP contribution is -2.00. The predicted molar refractivity (Wildman–Crippen MR) is 93.9 cm³/mol. The van der Waals surface area contributed by atoms with Crippen molar-refractivity contribution in [3.05, 3.63) is 42.0 Å². The zero-order valence-corrected chi connectivity index (χ0v) is 14.6. The van der Waals surface area contributed by atoms with Crippen molar-refractivity contribution in [2.24, 2.45) is 5.92 Å². The third-order valence-electron chi connectivity index (χ3n) is 4.74. The summed E-state index contributed by atoms with van der Waals surface area (Å²) < 4.78 is 20.1. The number of carbonyl (C=O) groups excluding carboxylic acids is 1. The molecule has 1 aromatic carbocycles. The molecule has 3 unspecified atom stereocenters. The van der Waals surface area contributed by atoms with Gasteiger partial charge in [-0.2, -0.15) is 0 Å². The average molecular weight is 334 g/mol. The standard InChI is InChI=1S/C19H26O3S/c1-15(20)5-2-3-6-16-7-4-8-17(10-9-16)18-11-13-19(14-12-18)23(21)22/h2,5,11-14,16-17H,3-4,6-10H2,1H3,(H,21,22)/b5-2+. The summed E-state index contributed by atoms with van der Waals surface area (Å²) >= 11 is -1.89. The molecule has 0 bridgehead atoms. The minimum Gasteiger partial charge on any atom is -0.302 e. The van der Waals surface area contributed by atoms with Crippen molar-refractivity contribution in [1.29, 1.82) is 0 Å². The monoisotopic (exact) mass is 334 g/mol. The Kier molecular flexibility index (Phi) is 7.18. The van der Waals surface area contributed by atoms with Crippen LogP contribution in [0.1, 0.15) is 63.4 Å². The van der Waals surface area contributed by atoms with Crippen molar-refractivity contribution in [3.63, 3.8) is 0 Å². The van der Waals surface area contributed by atoms with Crippen LogP contribution < -0.4 is 0 Å². The molecule has 0 radical (unpaired) electrons. The van der Waals surface area contributed by atoms with Gasteiger partial charge in [-0.3, -0.25) is 4.79 Å². The van der Waals surface area contributed by atoms with E-state index in [1.54, 1.807) is 25.1 Å². The van der Waals surface area contributed by atoms with E-state index < -0.39 is 11.1 Å². The largest absolute Gasteiger partial charge is 0.302 e. The lowest BCUT2D eigenvalue weighted by atomic mass is 9.90. The number of allylic oxidation sites excluding steroid dienone is 2. The average Bonchev–Trinajstić information content (AvgIpc) is 2.77. The van der Waals surface area contributed by atoms with Gasteiger partial charge in [0.15, 0.2) is 16.9 Å². The summed E-state index contributed by atoms with van der Waals surface area (Å²) in [7, 11) is 0. The van der Waals surface area contributed by atoms with E-state index in [4.69, 9.17) is 4.55 Å². The molecule has 0 spiro atoms. The second-order valence-corrected chi connectivity index (χ2v) is 7.45. The van der Waals surface area contributed by atoms with E-state index in [1.807, 2.05) is 18.2 Å². The Hall–Kier alpha value is -1.26. The summed E-state index contributed by atoms with van der Waals surface area (Å²) in [6.07, 6.45) is 11.9. The highest BCUT2D eigenvalue weighted by molar-refractivity contribution is 7.79. The molecule has 0 aromatic heterocycles. The van der Waals surface area contributed by atoms with Crippen molar-refractivity contribution in [3.8, 4) is 0 Å². The van der Waals surface area contributed by atoms with E-state index in [1.165, 1.54) is 44.1 Å². The van der Waals surface area contributed by atoms with Crippen LogP contribution >= 0.6 is 0 Å². The molecule has 3 nitrogen and oxygen atoms in total. The second-order valence-electron chi connectivity index (χ2n) is 6.48. The molecule has 3 atom stereocenters. The first-order chi connectivity index (χ1) is 11.1. The van der Waals surface area contributed by atoms with Crippen molar-refractivity contribution < 1.29 is 13.6 Å². The minimum absolute atomic E-state index is 0.123. The predicted octanol–water partition coefficient (Wildman–Crippen LogP) is 4.86. The molecule has 126 valence electrons. The lowest BCUT2D eigenvalue weighted by Gasteiger charge is -2.15. The SMILES string of the molecule is CC(=O)/C=C/CCC1CCCC(c2ccc(S(=O)O)cc2)CC1. The van der Waals surface area contributed by atoms with Crippen LogP contribution in [0.2, 0.25) is 0 Å². The number of benzene rings is 1. The fourth-order valence-corrected chi connectivity index (χ4v) is 3.81. The molecule has 1 N–H and O–H groups in total. The smallest absolute Gasteiger partial charge is 0.186 e. The van der Waals surface area contributed by atoms with Gasteiger partial charge < -0.3 is 4.55 Å². The van der Waals surface area contributed by atoms with Crippen LogP contribution in [0.15, 0.2) is 41.3 Å². The summed E-state index contributed by atoms with van der Waals surface area (Å²) in [5.41, 5.74) is 1.29. The number of carbonyl (C=O) groups is 1. The molecule has 0 amide bonds. The van der Waals surface area contributed by atoms with Gasteiger partial charge in [0.2, 0.25) is 0 Å². The van der Waals surface area contributed by atoms with Gasteiger partial charge in [0, 0.05) is 0 Å². The summed E-state index contributed by atoms with van der Waals surface area (Å²) in [6, 6.07) is 7.54. The molecule has 0 aliphatic heterocycles. The number of hydrogen-bond donors (Lipinski definition) is 1. The van der Waals surface area contributed by atoms with Crippen LogP contribution in [0.3, 0.4) is 0 Å². The van der Waals surface area contributed by atoms with Crippen LogP contribution in [0.25, 0.3) is 0 Å². The fraction of sp³-hybridized carbons (Fsp3) is 0.526. The molecule has 1 saturated carbocycles. The molecule has 1 fully saturated rings. The zero-order chi connectivity index (χ0) is 16.7. The number of ketones is 1. The van der Waals surface area contributed by atoms with Crippen LogP contribution in [-0.2, 0) is 15.9 Å². The molecule has 2 rings (SSSR count). The molecule has 0 saturated heterocycles. The second kappa shape index (κ2) is 9.14. The highest BCUT2D eigenvalue weighted by Gasteiger charge is 2.19. The molecule has 1 aliphatic rings. The van der Waals surface area contributed by atoms with Crippen LogP contribution in [0.5, 0.6) is 0 Å². The Labute approximate surface area is 141 Å². The van der Waals surface area contributed by atoms with Crippen molar-refractivity contribution in [1.82, 2.24) is 0 Å². The van der Waals surface area contributed by atoms with E-state index in [0.717, 1.165) is 12.3 Å². The maximum absolute atomic E-state index is 11.0. The topological polar surface area (TPSA) is 54.4 Å². The van der Waals surface area contributed by atoms with Gasteiger partial charge in [-0.05, 0) is 74.6 Å². The molecule has 4 heteroatoms. The first-order valence-corrected chi connectivity index (χ1v) is 9.55. The van der Waals surface area contributed by atoms with Crippen LogP contribution in [0.4, 0.5) is 0 Å². The maximum atomic E-state index is 11.0. The molecular weight excluding hydrogens is 308 g/mol. The van der Waals surface area contributed by atoms with E-state index in [-0.39, 0.29) is 5.78 Å². The van der Waals surface area contributed by atoms with Crippen LogP contribution in [-0.4, -0.2) is 14.5 Å². The minimum atomic E-state index is -1.89. The molecule has 1 aliphatic carbocycles. The molecular formula is C19H26O3S. The van der Waals surface area contributed by atoms with Crippen molar-refractivity contribution in [2.45, 2.75) is 62.7 Å². The van der Waals surface area contributed by atoms with E-state index in [2.05, 4.69) is 0 Å². The van der Waals surface area contributed by atoms with E-state index in [0.29, 0.717) is 10.8 Å². The van der Waals surface area contributed by atoms with Gasteiger partial charge in [-0.1, -0.05) is 31.1 Å². The fourth-order valence-electron chi connectivity index (χ4n) is 3.44. The van der Waals surface area contributed by atoms with Gasteiger partial charge in [-0.25, -0.2) is 4.21 Å². The summed E-state index contributed by atoms with van der Waals surface area (Å²) in [4.78, 5) is 11.4. The van der Waals surface area contributed by atoms with Gasteiger partial charge >= 0.3 is 0 Å². The van der Waals surface area contributed by atoms with E-state index >= 15 is 0 Å².